The molecule has 0 fully saturated rings. The van der Waals surface area contributed by atoms with Crippen molar-refractivity contribution in [2.45, 2.75) is 64.7 Å². The molecule has 0 saturated heterocycles. The average Bonchev–Trinajstić information content (AvgIpc) is 2.34. The molecule has 0 amide bonds. The Kier molecular flexibility index (Phi) is 13.7. The van der Waals surface area contributed by atoms with Crippen molar-refractivity contribution in [2.75, 3.05) is 0 Å². The topological polar surface area (TPSA) is 34.1 Å². The van der Waals surface area contributed by atoms with Crippen LogP contribution in [0.1, 0.15) is 64.7 Å². The molecule has 4 heteroatoms. The van der Waals surface area contributed by atoms with Crippen molar-refractivity contribution in [2.24, 2.45) is 5.92 Å². The van der Waals surface area contributed by atoms with Crippen LogP contribution in [-0.2, 0) is 22.5 Å². The van der Waals surface area contributed by atoms with Crippen molar-refractivity contribution in [3.63, 3.8) is 0 Å². The van der Waals surface area contributed by atoms with Gasteiger partial charge >= 0.3 is 0 Å². The first-order valence-electron chi connectivity index (χ1n) is 6.57. The van der Waals surface area contributed by atoms with E-state index in [1.54, 1.807) is 10.7 Å². The van der Waals surface area contributed by atoms with Gasteiger partial charge in [-0.05, 0) is 18.8 Å². The third-order valence-electron chi connectivity index (χ3n) is 2.89. The van der Waals surface area contributed by atoms with Crippen LogP contribution in [0.4, 0.5) is 0 Å². The SMILES string of the molecule is CCCCCCCCCC(C=S=O)CC=S=O. The summed E-state index contributed by atoms with van der Waals surface area (Å²) in [6, 6.07) is 0. The monoisotopic (exact) mass is 276 g/mol. The maximum atomic E-state index is 10.5. The predicted molar refractivity (Wildman–Crippen MR) is 79.1 cm³/mol. The quantitative estimate of drug-likeness (QED) is 0.429. The molecule has 0 N–H and O–H groups in total. The van der Waals surface area contributed by atoms with Crippen molar-refractivity contribution in [1.82, 2.24) is 0 Å². The van der Waals surface area contributed by atoms with Crippen LogP contribution in [0.25, 0.3) is 0 Å². The molecule has 0 aliphatic heterocycles. The maximum Gasteiger partial charge on any atom is 0.0844 e. The summed E-state index contributed by atoms with van der Waals surface area (Å²) in [6.07, 6.45) is 10.8. The molecular weight excluding hydrogens is 252 g/mol. The Morgan fingerprint density at radius 1 is 0.941 bits per heavy atom. The molecule has 1 atom stereocenters. The molecule has 0 rings (SSSR count). The first kappa shape index (κ1) is 16.8. The van der Waals surface area contributed by atoms with Crippen LogP contribution in [0.5, 0.6) is 0 Å². The number of hydrogen-bond acceptors (Lipinski definition) is 2. The van der Waals surface area contributed by atoms with E-state index in [4.69, 9.17) is 0 Å². The van der Waals surface area contributed by atoms with Crippen LogP contribution in [0.15, 0.2) is 0 Å². The first-order chi connectivity index (χ1) is 8.35. The molecule has 0 aromatic heterocycles. The van der Waals surface area contributed by atoms with E-state index >= 15 is 0 Å². The fourth-order valence-electron chi connectivity index (χ4n) is 1.85. The van der Waals surface area contributed by atoms with Gasteiger partial charge in [-0.3, -0.25) is 0 Å². The Balaban J connectivity index is 3.53. The number of rotatable bonds is 11. The van der Waals surface area contributed by atoms with Gasteiger partial charge in [-0.15, -0.1) is 0 Å². The van der Waals surface area contributed by atoms with E-state index in [2.05, 4.69) is 6.92 Å². The molecule has 0 aromatic carbocycles. The molecule has 0 radical (unpaired) electrons. The van der Waals surface area contributed by atoms with Crippen molar-refractivity contribution >= 4 is 33.2 Å². The van der Waals surface area contributed by atoms with Gasteiger partial charge in [-0.2, -0.15) is 0 Å². The van der Waals surface area contributed by atoms with Crippen LogP contribution >= 0.6 is 0 Å². The molecule has 2 nitrogen and oxygen atoms in total. The lowest BCUT2D eigenvalue weighted by Crippen LogP contribution is -2.02. The van der Waals surface area contributed by atoms with E-state index in [1.165, 1.54) is 44.9 Å². The van der Waals surface area contributed by atoms with Crippen molar-refractivity contribution in [1.29, 1.82) is 0 Å². The van der Waals surface area contributed by atoms with Crippen LogP contribution in [0, 0.1) is 5.92 Å². The molecule has 100 valence electrons. The van der Waals surface area contributed by atoms with E-state index in [0.717, 1.165) is 12.8 Å². The van der Waals surface area contributed by atoms with E-state index in [-0.39, 0.29) is 5.92 Å². The van der Waals surface area contributed by atoms with Gasteiger partial charge < -0.3 is 0 Å². The van der Waals surface area contributed by atoms with E-state index in [9.17, 15) is 8.42 Å². The average molecular weight is 276 g/mol. The van der Waals surface area contributed by atoms with Crippen LogP contribution in [0.3, 0.4) is 0 Å². The smallest absolute Gasteiger partial charge is 0.0844 e. The molecule has 17 heavy (non-hydrogen) atoms. The minimum Gasteiger partial charge on any atom is -0.213 e. The fraction of sp³-hybridized carbons (Fsp3) is 0.846. The Morgan fingerprint density at radius 2 is 1.59 bits per heavy atom. The molecule has 0 aliphatic carbocycles. The van der Waals surface area contributed by atoms with Gasteiger partial charge in [0.1, 0.15) is 0 Å². The summed E-state index contributed by atoms with van der Waals surface area (Å²) in [5, 5.41) is 3.38. The Labute approximate surface area is 112 Å². The number of hydrogen-bond donors (Lipinski definition) is 0. The first-order valence-corrected chi connectivity index (χ1v) is 8.18. The predicted octanol–water partition coefficient (Wildman–Crippen LogP) is 3.16. The second kappa shape index (κ2) is 13.8. The number of unbranched alkanes of at least 4 members (excludes halogenated alkanes) is 6. The van der Waals surface area contributed by atoms with Crippen molar-refractivity contribution in [3.8, 4) is 0 Å². The van der Waals surface area contributed by atoms with Gasteiger partial charge in [0.15, 0.2) is 0 Å². The minimum absolute atomic E-state index is 0.287. The van der Waals surface area contributed by atoms with E-state index < -0.39 is 0 Å². The molecule has 0 aromatic rings. The fourth-order valence-corrected chi connectivity index (χ4v) is 2.58. The zero-order valence-electron chi connectivity index (χ0n) is 10.7. The highest BCUT2D eigenvalue weighted by atomic mass is 32.1. The third-order valence-corrected chi connectivity index (χ3v) is 3.72. The molecule has 0 bridgehead atoms. The summed E-state index contributed by atoms with van der Waals surface area (Å²) in [5.41, 5.74) is 0. The largest absolute Gasteiger partial charge is 0.213 e. The van der Waals surface area contributed by atoms with E-state index in [1.807, 2.05) is 0 Å². The summed E-state index contributed by atoms with van der Waals surface area (Å²) in [7, 11) is 0. The summed E-state index contributed by atoms with van der Waals surface area (Å²) in [6.45, 7) is 2.23. The third kappa shape index (κ3) is 12.0. The highest BCUT2D eigenvalue weighted by Crippen LogP contribution is 2.13. The lowest BCUT2D eigenvalue weighted by Gasteiger charge is -2.07. The van der Waals surface area contributed by atoms with Gasteiger partial charge in [0, 0.05) is 10.7 Å². The van der Waals surface area contributed by atoms with Gasteiger partial charge in [-0.1, -0.05) is 51.9 Å². The van der Waals surface area contributed by atoms with Gasteiger partial charge in [0.05, 0.1) is 22.5 Å². The highest BCUT2D eigenvalue weighted by molar-refractivity contribution is 7.65. The van der Waals surface area contributed by atoms with Gasteiger partial charge in [0.2, 0.25) is 0 Å². The Hall–Kier alpha value is -0.220. The second-order valence-electron chi connectivity index (χ2n) is 4.40. The van der Waals surface area contributed by atoms with Crippen LogP contribution in [0.2, 0.25) is 0 Å². The summed E-state index contributed by atoms with van der Waals surface area (Å²) in [5.74, 6) is 0.287. The lowest BCUT2D eigenvalue weighted by molar-refractivity contribution is 0.545. The molecular formula is C13H24O2S2. The second-order valence-corrected chi connectivity index (χ2v) is 5.39. The minimum atomic E-state index is 0.287. The standard InChI is InChI=1S/C13H24O2S2/c1-2-3-4-5-6-7-8-9-13(12-17-15)10-11-16-14/h11-13H,2-10H2,1H3. The zero-order valence-corrected chi connectivity index (χ0v) is 12.4. The summed E-state index contributed by atoms with van der Waals surface area (Å²) >= 11 is 1.03. The van der Waals surface area contributed by atoms with Gasteiger partial charge in [0.25, 0.3) is 0 Å². The molecule has 0 heterocycles. The Bertz CT molecular complexity index is 267. The zero-order chi connectivity index (χ0) is 12.8. The van der Waals surface area contributed by atoms with Gasteiger partial charge in [-0.25, -0.2) is 8.42 Å². The molecule has 0 aliphatic rings. The van der Waals surface area contributed by atoms with Crippen LogP contribution in [-0.4, -0.2) is 19.2 Å². The Morgan fingerprint density at radius 3 is 2.18 bits per heavy atom. The highest BCUT2D eigenvalue weighted by Gasteiger charge is 2.03. The molecule has 1 unspecified atom stereocenters. The molecule has 0 spiro atoms. The normalized spacial score (nSPS) is 11.8. The molecule has 0 saturated carbocycles. The van der Waals surface area contributed by atoms with E-state index in [0.29, 0.717) is 22.5 Å². The summed E-state index contributed by atoms with van der Waals surface area (Å²) in [4.78, 5) is 0. The van der Waals surface area contributed by atoms with Crippen LogP contribution < -0.4 is 0 Å². The maximum absolute atomic E-state index is 10.5. The summed E-state index contributed by atoms with van der Waals surface area (Å²) < 4.78 is 20.8. The van der Waals surface area contributed by atoms with Crippen molar-refractivity contribution in [3.05, 3.63) is 0 Å². The lowest BCUT2D eigenvalue weighted by atomic mass is 9.99. The van der Waals surface area contributed by atoms with Crippen molar-refractivity contribution < 1.29 is 8.42 Å².